The molecule has 0 radical (unpaired) electrons. The van der Waals surface area contributed by atoms with Gasteiger partial charge in [-0.1, -0.05) is 0 Å². The van der Waals surface area contributed by atoms with Gasteiger partial charge in [0, 0.05) is 10.7 Å². The molecule has 0 bridgehead atoms. The van der Waals surface area contributed by atoms with Gasteiger partial charge in [-0.15, -0.1) is 5.10 Å². The van der Waals surface area contributed by atoms with E-state index in [9.17, 15) is 0 Å². The minimum atomic E-state index is 0.337. The van der Waals surface area contributed by atoms with Crippen molar-refractivity contribution in [1.82, 2.24) is 19.7 Å². The van der Waals surface area contributed by atoms with Crippen LogP contribution in [0.4, 0.5) is 0 Å². The SMILES string of the molecule is NCc1ncn(-c2ccc(Br)cn2)n1. The molecule has 0 amide bonds. The lowest BCUT2D eigenvalue weighted by Gasteiger charge is -1.97. The minimum absolute atomic E-state index is 0.337. The summed E-state index contributed by atoms with van der Waals surface area (Å²) < 4.78 is 2.52. The standard InChI is InChI=1S/C8H8BrN5/c9-6-1-2-8(11-4-6)14-5-12-7(3-10)13-14/h1-2,4-5H,3,10H2. The molecule has 0 aliphatic carbocycles. The number of halogens is 1. The monoisotopic (exact) mass is 253 g/mol. The number of rotatable bonds is 2. The molecule has 0 aliphatic rings. The van der Waals surface area contributed by atoms with Crippen molar-refractivity contribution in [3.63, 3.8) is 0 Å². The summed E-state index contributed by atoms with van der Waals surface area (Å²) in [5.41, 5.74) is 5.40. The van der Waals surface area contributed by atoms with Crippen molar-refractivity contribution < 1.29 is 0 Å². The molecule has 2 aromatic heterocycles. The number of hydrogen-bond donors (Lipinski definition) is 1. The smallest absolute Gasteiger partial charge is 0.164 e. The fourth-order valence-corrected chi connectivity index (χ4v) is 1.24. The highest BCUT2D eigenvalue weighted by molar-refractivity contribution is 9.10. The van der Waals surface area contributed by atoms with E-state index in [0.717, 1.165) is 10.3 Å². The summed E-state index contributed by atoms with van der Waals surface area (Å²) in [6, 6.07) is 3.74. The van der Waals surface area contributed by atoms with Crippen molar-refractivity contribution in [1.29, 1.82) is 0 Å². The van der Waals surface area contributed by atoms with Crippen LogP contribution < -0.4 is 5.73 Å². The van der Waals surface area contributed by atoms with E-state index >= 15 is 0 Å². The van der Waals surface area contributed by atoms with Crippen LogP contribution in [-0.2, 0) is 6.54 Å². The van der Waals surface area contributed by atoms with Gasteiger partial charge in [-0.05, 0) is 28.1 Å². The maximum absolute atomic E-state index is 5.40. The van der Waals surface area contributed by atoms with Gasteiger partial charge in [0.1, 0.15) is 6.33 Å². The molecule has 2 rings (SSSR count). The molecule has 0 saturated heterocycles. The van der Waals surface area contributed by atoms with Crippen LogP contribution in [0, 0.1) is 0 Å². The van der Waals surface area contributed by atoms with Gasteiger partial charge >= 0.3 is 0 Å². The normalized spacial score (nSPS) is 10.4. The number of pyridine rings is 1. The molecule has 2 heterocycles. The van der Waals surface area contributed by atoms with Gasteiger partial charge in [-0.25, -0.2) is 14.6 Å². The Morgan fingerprint density at radius 2 is 2.21 bits per heavy atom. The lowest BCUT2D eigenvalue weighted by Crippen LogP contribution is -2.02. The lowest BCUT2D eigenvalue weighted by molar-refractivity contribution is 0.808. The topological polar surface area (TPSA) is 69.6 Å². The van der Waals surface area contributed by atoms with Crippen LogP contribution in [0.15, 0.2) is 29.1 Å². The first-order chi connectivity index (χ1) is 6.79. The molecule has 14 heavy (non-hydrogen) atoms. The zero-order valence-corrected chi connectivity index (χ0v) is 8.85. The molecule has 0 aliphatic heterocycles. The molecular weight excluding hydrogens is 246 g/mol. The van der Waals surface area contributed by atoms with E-state index in [-0.39, 0.29) is 0 Å². The molecular formula is C8H8BrN5. The van der Waals surface area contributed by atoms with Crippen LogP contribution >= 0.6 is 15.9 Å². The van der Waals surface area contributed by atoms with E-state index in [2.05, 4.69) is 31.0 Å². The Kier molecular flexibility index (Phi) is 2.55. The van der Waals surface area contributed by atoms with Crippen molar-refractivity contribution in [3.05, 3.63) is 35.0 Å². The van der Waals surface area contributed by atoms with Crippen molar-refractivity contribution in [2.24, 2.45) is 5.73 Å². The van der Waals surface area contributed by atoms with Gasteiger partial charge in [-0.3, -0.25) is 0 Å². The van der Waals surface area contributed by atoms with Gasteiger partial charge in [0.25, 0.3) is 0 Å². The minimum Gasteiger partial charge on any atom is -0.324 e. The van der Waals surface area contributed by atoms with Crippen LogP contribution in [0.5, 0.6) is 0 Å². The van der Waals surface area contributed by atoms with Gasteiger partial charge in [0.2, 0.25) is 0 Å². The molecule has 2 aromatic rings. The van der Waals surface area contributed by atoms with E-state index in [1.165, 1.54) is 0 Å². The molecule has 0 spiro atoms. The number of nitrogens with zero attached hydrogens (tertiary/aromatic N) is 4. The summed E-state index contributed by atoms with van der Waals surface area (Å²) >= 11 is 3.31. The zero-order chi connectivity index (χ0) is 9.97. The highest BCUT2D eigenvalue weighted by Gasteiger charge is 2.01. The van der Waals surface area contributed by atoms with Gasteiger partial charge in [-0.2, -0.15) is 0 Å². The van der Waals surface area contributed by atoms with Gasteiger partial charge < -0.3 is 5.73 Å². The van der Waals surface area contributed by atoms with E-state index in [1.807, 2.05) is 12.1 Å². The third-order valence-corrected chi connectivity index (χ3v) is 2.14. The third-order valence-electron chi connectivity index (χ3n) is 1.67. The zero-order valence-electron chi connectivity index (χ0n) is 7.26. The summed E-state index contributed by atoms with van der Waals surface area (Å²) in [6.07, 6.45) is 3.30. The number of aromatic nitrogens is 4. The van der Waals surface area contributed by atoms with Crippen molar-refractivity contribution in [2.75, 3.05) is 0 Å². The first-order valence-corrected chi connectivity index (χ1v) is 4.81. The van der Waals surface area contributed by atoms with E-state index in [1.54, 1.807) is 17.2 Å². The Morgan fingerprint density at radius 1 is 1.36 bits per heavy atom. The molecule has 0 unspecified atom stereocenters. The molecule has 0 atom stereocenters. The average Bonchev–Trinajstić information content (AvgIpc) is 2.67. The van der Waals surface area contributed by atoms with E-state index < -0.39 is 0 Å². The molecule has 2 N–H and O–H groups in total. The summed E-state index contributed by atoms with van der Waals surface area (Å²) in [6.45, 7) is 0.337. The number of hydrogen-bond acceptors (Lipinski definition) is 4. The lowest BCUT2D eigenvalue weighted by atomic mass is 10.5. The third kappa shape index (κ3) is 1.80. The van der Waals surface area contributed by atoms with Crippen LogP contribution in [0.2, 0.25) is 0 Å². The Hall–Kier alpha value is -1.27. The average molecular weight is 254 g/mol. The van der Waals surface area contributed by atoms with Crippen molar-refractivity contribution in [2.45, 2.75) is 6.54 Å². The quantitative estimate of drug-likeness (QED) is 0.863. The first-order valence-electron chi connectivity index (χ1n) is 4.02. The Bertz CT molecular complexity index is 422. The molecule has 72 valence electrons. The Balaban J connectivity index is 2.34. The Labute approximate surface area is 89.1 Å². The van der Waals surface area contributed by atoms with Gasteiger partial charge in [0.15, 0.2) is 11.6 Å². The maximum atomic E-state index is 5.40. The van der Waals surface area contributed by atoms with E-state index in [0.29, 0.717) is 12.4 Å². The second-order valence-electron chi connectivity index (χ2n) is 2.64. The van der Waals surface area contributed by atoms with Crippen LogP contribution in [-0.4, -0.2) is 19.7 Å². The predicted molar refractivity (Wildman–Crippen MR) is 54.7 cm³/mol. The summed E-state index contributed by atoms with van der Waals surface area (Å²) in [5.74, 6) is 1.33. The number of nitrogens with two attached hydrogens (primary N) is 1. The molecule has 0 aromatic carbocycles. The largest absolute Gasteiger partial charge is 0.324 e. The fraction of sp³-hybridized carbons (Fsp3) is 0.125. The van der Waals surface area contributed by atoms with Crippen LogP contribution in [0.25, 0.3) is 5.82 Å². The first kappa shape index (κ1) is 9.29. The molecule has 6 heteroatoms. The second kappa shape index (κ2) is 3.85. The summed E-state index contributed by atoms with van der Waals surface area (Å²) in [7, 11) is 0. The fourth-order valence-electron chi connectivity index (χ4n) is 1.00. The van der Waals surface area contributed by atoms with Crippen LogP contribution in [0.1, 0.15) is 5.82 Å². The molecule has 5 nitrogen and oxygen atoms in total. The van der Waals surface area contributed by atoms with Gasteiger partial charge in [0.05, 0.1) is 6.54 Å². The summed E-state index contributed by atoms with van der Waals surface area (Å²) in [5, 5.41) is 4.13. The Morgan fingerprint density at radius 3 is 2.79 bits per heavy atom. The second-order valence-corrected chi connectivity index (χ2v) is 3.56. The maximum Gasteiger partial charge on any atom is 0.164 e. The van der Waals surface area contributed by atoms with E-state index in [4.69, 9.17) is 5.73 Å². The molecule has 0 fully saturated rings. The van der Waals surface area contributed by atoms with Crippen LogP contribution in [0.3, 0.4) is 0 Å². The highest BCUT2D eigenvalue weighted by Crippen LogP contribution is 2.09. The predicted octanol–water partition coefficient (Wildman–Crippen LogP) is 0.883. The molecule has 0 saturated carbocycles. The van der Waals surface area contributed by atoms with Crippen molar-refractivity contribution in [3.8, 4) is 5.82 Å². The van der Waals surface area contributed by atoms with Crippen molar-refractivity contribution >= 4 is 15.9 Å². The summed E-state index contributed by atoms with van der Waals surface area (Å²) in [4.78, 5) is 8.18. The highest BCUT2D eigenvalue weighted by atomic mass is 79.9.